The van der Waals surface area contributed by atoms with Crippen LogP contribution in [-0.4, -0.2) is 22.9 Å². The Bertz CT molecular complexity index is 868. The van der Waals surface area contributed by atoms with Gasteiger partial charge in [-0.05, 0) is 31.2 Å². The topological polar surface area (TPSA) is 98.5 Å². The lowest BCUT2D eigenvalue weighted by Crippen LogP contribution is -2.30. The smallest absolute Gasteiger partial charge is 0.344 e. The molecule has 10 heteroatoms. The predicted octanol–water partition coefficient (Wildman–Crippen LogP) is 3.20. The van der Waals surface area contributed by atoms with Gasteiger partial charge in [-0.3, -0.25) is 14.9 Å². The number of halogens is 3. The largest absolute Gasteiger partial charge is 0.449 e. The Kier molecular flexibility index (Phi) is 5.55. The summed E-state index contributed by atoms with van der Waals surface area (Å²) in [6.45, 7) is 1.13. The number of nitrogens with one attached hydrogen (secondary N) is 1. The molecule has 0 aliphatic heterocycles. The zero-order valence-corrected chi connectivity index (χ0v) is 13.2. The molecule has 1 N–H and O–H groups in total. The van der Waals surface area contributed by atoms with E-state index >= 15 is 0 Å². The van der Waals surface area contributed by atoms with Gasteiger partial charge in [-0.25, -0.2) is 13.6 Å². The maximum Gasteiger partial charge on any atom is 0.344 e. The second kappa shape index (κ2) is 7.64. The van der Waals surface area contributed by atoms with Crippen molar-refractivity contribution in [3.05, 3.63) is 69.5 Å². The number of rotatable bonds is 5. The van der Waals surface area contributed by atoms with Crippen LogP contribution in [0.4, 0.5) is 24.5 Å². The van der Waals surface area contributed by atoms with Crippen LogP contribution in [0.5, 0.6) is 0 Å². The van der Waals surface area contributed by atoms with E-state index in [0.29, 0.717) is 0 Å². The summed E-state index contributed by atoms with van der Waals surface area (Å²) in [5.41, 5.74) is -1.94. The number of amides is 1. The second-order valence-corrected chi connectivity index (χ2v) is 5.06. The van der Waals surface area contributed by atoms with E-state index in [4.69, 9.17) is 4.74 Å². The number of carbonyl (C=O) groups is 2. The van der Waals surface area contributed by atoms with Crippen LogP contribution in [0.25, 0.3) is 0 Å². The summed E-state index contributed by atoms with van der Waals surface area (Å²) in [5, 5.41) is 12.8. The summed E-state index contributed by atoms with van der Waals surface area (Å²) < 4.78 is 45.0. The van der Waals surface area contributed by atoms with Gasteiger partial charge in [-0.2, -0.15) is 4.39 Å². The SMILES string of the molecule is CC(OC(=O)c1c(F)cccc1F)C(=O)Nc1ccc(F)c([N+](=O)[O-])c1. The predicted molar refractivity (Wildman–Crippen MR) is 82.9 cm³/mol. The third kappa shape index (κ3) is 4.15. The van der Waals surface area contributed by atoms with Gasteiger partial charge >= 0.3 is 11.7 Å². The minimum Gasteiger partial charge on any atom is -0.449 e. The van der Waals surface area contributed by atoms with Crippen molar-refractivity contribution in [1.82, 2.24) is 0 Å². The molecule has 26 heavy (non-hydrogen) atoms. The molecule has 136 valence electrons. The van der Waals surface area contributed by atoms with Crippen LogP contribution in [0.3, 0.4) is 0 Å². The molecule has 1 unspecified atom stereocenters. The van der Waals surface area contributed by atoms with Crippen LogP contribution < -0.4 is 5.32 Å². The molecule has 0 saturated heterocycles. The van der Waals surface area contributed by atoms with Crippen LogP contribution in [-0.2, 0) is 9.53 Å². The molecule has 0 bridgehead atoms. The third-order valence-corrected chi connectivity index (χ3v) is 3.23. The monoisotopic (exact) mass is 368 g/mol. The fourth-order valence-electron chi connectivity index (χ4n) is 1.94. The van der Waals surface area contributed by atoms with Crippen molar-refractivity contribution in [3.63, 3.8) is 0 Å². The first-order valence-corrected chi connectivity index (χ1v) is 7.10. The quantitative estimate of drug-likeness (QED) is 0.496. The number of carbonyl (C=O) groups excluding carboxylic acids is 2. The first-order valence-electron chi connectivity index (χ1n) is 7.10. The standard InChI is InChI=1S/C16H11F3N2O5/c1-8(26-16(23)14-11(18)3-2-4-12(14)19)15(22)20-9-5-6-10(17)13(7-9)21(24)25/h2-8H,1H3,(H,20,22). The van der Waals surface area contributed by atoms with E-state index < -0.39 is 51.6 Å². The van der Waals surface area contributed by atoms with E-state index in [1.165, 1.54) is 0 Å². The van der Waals surface area contributed by atoms with Crippen molar-refractivity contribution in [2.45, 2.75) is 13.0 Å². The normalized spacial score (nSPS) is 11.5. The average molecular weight is 368 g/mol. The Hall–Kier alpha value is -3.43. The van der Waals surface area contributed by atoms with E-state index in [-0.39, 0.29) is 5.69 Å². The van der Waals surface area contributed by atoms with Crippen molar-refractivity contribution in [2.24, 2.45) is 0 Å². The molecule has 0 aliphatic carbocycles. The van der Waals surface area contributed by atoms with Gasteiger partial charge in [-0.1, -0.05) is 6.07 Å². The van der Waals surface area contributed by atoms with Crippen LogP contribution in [0, 0.1) is 27.6 Å². The summed E-state index contributed by atoms with van der Waals surface area (Å²) in [6.07, 6.45) is -1.48. The third-order valence-electron chi connectivity index (χ3n) is 3.23. The Morgan fingerprint density at radius 1 is 1.12 bits per heavy atom. The second-order valence-electron chi connectivity index (χ2n) is 5.06. The molecule has 0 spiro atoms. The molecular formula is C16H11F3N2O5. The van der Waals surface area contributed by atoms with Crippen molar-refractivity contribution in [3.8, 4) is 0 Å². The number of nitrogens with zero attached hydrogens (tertiary/aromatic N) is 1. The molecule has 0 aromatic heterocycles. The van der Waals surface area contributed by atoms with E-state index in [1.807, 2.05) is 0 Å². The number of hydrogen-bond donors (Lipinski definition) is 1. The summed E-state index contributed by atoms with van der Waals surface area (Å²) in [5.74, 6) is -5.74. The molecule has 1 atom stereocenters. The minimum absolute atomic E-state index is 0.122. The number of hydrogen-bond acceptors (Lipinski definition) is 5. The lowest BCUT2D eigenvalue weighted by Gasteiger charge is -2.14. The Balaban J connectivity index is 2.10. The molecule has 1 amide bonds. The molecule has 0 saturated carbocycles. The zero-order chi connectivity index (χ0) is 19.4. The lowest BCUT2D eigenvalue weighted by atomic mass is 10.2. The van der Waals surface area contributed by atoms with Crippen molar-refractivity contribution < 1.29 is 32.4 Å². The van der Waals surface area contributed by atoms with Gasteiger partial charge in [0.25, 0.3) is 5.91 Å². The molecule has 0 radical (unpaired) electrons. The summed E-state index contributed by atoms with van der Waals surface area (Å²) in [6, 6.07) is 5.37. The minimum atomic E-state index is -1.48. The van der Waals surface area contributed by atoms with Crippen LogP contribution in [0.15, 0.2) is 36.4 Å². The van der Waals surface area contributed by atoms with Crippen molar-refractivity contribution in [2.75, 3.05) is 5.32 Å². The Labute approximate surface area is 144 Å². The molecule has 2 aromatic carbocycles. The fourth-order valence-corrected chi connectivity index (χ4v) is 1.94. The van der Waals surface area contributed by atoms with Crippen LogP contribution in [0.1, 0.15) is 17.3 Å². The molecule has 0 heterocycles. The van der Waals surface area contributed by atoms with E-state index in [2.05, 4.69) is 5.32 Å². The summed E-state index contributed by atoms with van der Waals surface area (Å²) in [7, 11) is 0. The van der Waals surface area contributed by atoms with Crippen LogP contribution in [0.2, 0.25) is 0 Å². The fraction of sp³-hybridized carbons (Fsp3) is 0.125. The Morgan fingerprint density at radius 2 is 1.73 bits per heavy atom. The van der Waals surface area contributed by atoms with Crippen LogP contribution >= 0.6 is 0 Å². The molecule has 0 aliphatic rings. The van der Waals surface area contributed by atoms with Crippen molar-refractivity contribution >= 4 is 23.3 Å². The lowest BCUT2D eigenvalue weighted by molar-refractivity contribution is -0.387. The Morgan fingerprint density at radius 3 is 2.31 bits per heavy atom. The number of anilines is 1. The van der Waals surface area contributed by atoms with Gasteiger partial charge in [0, 0.05) is 11.8 Å². The first kappa shape index (κ1) is 18.9. The molecule has 2 rings (SSSR count). The highest BCUT2D eigenvalue weighted by atomic mass is 19.1. The summed E-state index contributed by atoms with van der Waals surface area (Å²) >= 11 is 0. The summed E-state index contributed by atoms with van der Waals surface area (Å²) in [4.78, 5) is 33.5. The highest BCUT2D eigenvalue weighted by Crippen LogP contribution is 2.22. The number of esters is 1. The number of nitro groups is 1. The van der Waals surface area contributed by atoms with Gasteiger partial charge < -0.3 is 10.1 Å². The number of benzene rings is 2. The van der Waals surface area contributed by atoms with Gasteiger partial charge in [0.1, 0.15) is 17.2 Å². The molecule has 2 aromatic rings. The zero-order valence-electron chi connectivity index (χ0n) is 13.2. The molecular weight excluding hydrogens is 357 g/mol. The van der Waals surface area contributed by atoms with Gasteiger partial charge in [0.05, 0.1) is 4.92 Å². The molecule has 7 nitrogen and oxygen atoms in total. The van der Waals surface area contributed by atoms with E-state index in [1.54, 1.807) is 0 Å². The van der Waals surface area contributed by atoms with Crippen molar-refractivity contribution in [1.29, 1.82) is 0 Å². The van der Waals surface area contributed by atoms with E-state index in [0.717, 1.165) is 43.3 Å². The maximum atomic E-state index is 13.5. The highest BCUT2D eigenvalue weighted by molar-refractivity contribution is 5.97. The maximum absolute atomic E-state index is 13.5. The van der Waals surface area contributed by atoms with Gasteiger partial charge in [0.2, 0.25) is 5.82 Å². The van der Waals surface area contributed by atoms with Gasteiger partial charge in [-0.15, -0.1) is 0 Å². The van der Waals surface area contributed by atoms with Gasteiger partial charge in [0.15, 0.2) is 6.10 Å². The highest BCUT2D eigenvalue weighted by Gasteiger charge is 2.24. The average Bonchev–Trinajstić information content (AvgIpc) is 2.56. The van der Waals surface area contributed by atoms with E-state index in [9.17, 15) is 32.9 Å². The number of nitro benzene ring substituents is 1. The molecule has 0 fully saturated rings. The first-order chi connectivity index (χ1) is 12.2. The number of ether oxygens (including phenoxy) is 1.